The Hall–Kier alpha value is -2.10. The second-order valence-electron chi connectivity index (χ2n) is 6.14. The van der Waals surface area contributed by atoms with Crippen molar-refractivity contribution in [2.24, 2.45) is 5.92 Å². The van der Waals surface area contributed by atoms with E-state index in [4.69, 9.17) is 4.98 Å². The third kappa shape index (κ3) is 3.97. The molecule has 0 saturated heterocycles. The molecule has 118 valence electrons. The molecule has 0 radical (unpaired) electrons. The Morgan fingerprint density at radius 1 is 1.36 bits per heavy atom. The van der Waals surface area contributed by atoms with Gasteiger partial charge in [-0.2, -0.15) is 0 Å². The molecule has 0 unspecified atom stereocenters. The summed E-state index contributed by atoms with van der Waals surface area (Å²) in [7, 11) is 0. The van der Waals surface area contributed by atoms with E-state index >= 15 is 0 Å². The highest BCUT2D eigenvalue weighted by Gasteiger charge is 2.11. The Bertz CT molecular complexity index is 670. The standard InChI is InChI=1S/C18H25N3O/c1-13(2)10-12-21-16-8-6-5-7-15(16)20-17(21)9-11-19-18(22)14(3)4/h5-8,13H,3,9-12H2,1-2,4H3,(H,19,22). The Morgan fingerprint density at radius 2 is 2.09 bits per heavy atom. The molecular weight excluding hydrogens is 274 g/mol. The number of fused-ring (bicyclic) bond motifs is 1. The number of aryl methyl sites for hydroxylation is 1. The van der Waals surface area contributed by atoms with Crippen LogP contribution in [0.2, 0.25) is 0 Å². The molecule has 2 aromatic rings. The van der Waals surface area contributed by atoms with Crippen LogP contribution in [0.3, 0.4) is 0 Å². The first-order chi connectivity index (χ1) is 10.5. The van der Waals surface area contributed by atoms with Crippen molar-refractivity contribution in [3.8, 4) is 0 Å². The van der Waals surface area contributed by atoms with E-state index in [9.17, 15) is 4.79 Å². The van der Waals surface area contributed by atoms with Crippen LogP contribution in [0.4, 0.5) is 0 Å². The molecule has 0 spiro atoms. The SMILES string of the molecule is C=C(C)C(=O)NCCc1nc2ccccc2n1CCC(C)C. The normalized spacial score (nSPS) is 11.1. The predicted octanol–water partition coefficient (Wildman–Crippen LogP) is 3.32. The number of hydrogen-bond acceptors (Lipinski definition) is 2. The maximum atomic E-state index is 11.6. The molecule has 0 bridgehead atoms. The number of benzene rings is 1. The molecule has 1 aromatic heterocycles. The minimum atomic E-state index is -0.0927. The summed E-state index contributed by atoms with van der Waals surface area (Å²) in [5.74, 6) is 1.59. The number of para-hydroxylation sites is 2. The van der Waals surface area contributed by atoms with E-state index in [2.05, 4.69) is 36.4 Å². The Morgan fingerprint density at radius 3 is 2.77 bits per heavy atom. The Balaban J connectivity index is 2.15. The molecule has 4 heteroatoms. The zero-order valence-corrected chi connectivity index (χ0v) is 13.7. The third-order valence-electron chi connectivity index (χ3n) is 3.69. The van der Waals surface area contributed by atoms with Gasteiger partial charge in [0.2, 0.25) is 5.91 Å². The quantitative estimate of drug-likeness (QED) is 0.797. The maximum absolute atomic E-state index is 11.6. The highest BCUT2D eigenvalue weighted by atomic mass is 16.1. The molecule has 0 fully saturated rings. The lowest BCUT2D eigenvalue weighted by molar-refractivity contribution is -0.117. The Kier molecular flexibility index (Phi) is 5.36. The summed E-state index contributed by atoms with van der Waals surface area (Å²) in [5.41, 5.74) is 2.73. The van der Waals surface area contributed by atoms with Crippen molar-refractivity contribution in [2.75, 3.05) is 6.54 Å². The number of imidazole rings is 1. The van der Waals surface area contributed by atoms with E-state index in [-0.39, 0.29) is 5.91 Å². The summed E-state index contributed by atoms with van der Waals surface area (Å²) in [5, 5.41) is 2.88. The first kappa shape index (κ1) is 16.3. The van der Waals surface area contributed by atoms with Gasteiger partial charge in [-0.3, -0.25) is 4.79 Å². The van der Waals surface area contributed by atoms with Crippen LogP contribution in [0.25, 0.3) is 11.0 Å². The van der Waals surface area contributed by atoms with Gasteiger partial charge < -0.3 is 9.88 Å². The maximum Gasteiger partial charge on any atom is 0.246 e. The monoisotopic (exact) mass is 299 g/mol. The van der Waals surface area contributed by atoms with Crippen LogP contribution in [0, 0.1) is 5.92 Å². The number of hydrogen-bond donors (Lipinski definition) is 1. The van der Waals surface area contributed by atoms with E-state index in [0.717, 1.165) is 30.7 Å². The van der Waals surface area contributed by atoms with Crippen molar-refractivity contribution in [1.29, 1.82) is 0 Å². The van der Waals surface area contributed by atoms with Gasteiger partial charge in [-0.05, 0) is 31.4 Å². The lowest BCUT2D eigenvalue weighted by Crippen LogP contribution is -2.26. The lowest BCUT2D eigenvalue weighted by atomic mass is 10.1. The van der Waals surface area contributed by atoms with Gasteiger partial charge in [0.1, 0.15) is 5.82 Å². The van der Waals surface area contributed by atoms with Gasteiger partial charge in [-0.25, -0.2) is 4.98 Å². The number of carbonyl (C=O) groups excluding carboxylic acids is 1. The van der Waals surface area contributed by atoms with Crippen LogP contribution in [0.1, 0.15) is 33.0 Å². The molecule has 0 aliphatic carbocycles. The number of aromatic nitrogens is 2. The fourth-order valence-corrected chi connectivity index (χ4v) is 2.39. The predicted molar refractivity (Wildman–Crippen MR) is 90.7 cm³/mol. The fourth-order valence-electron chi connectivity index (χ4n) is 2.39. The molecule has 0 aliphatic rings. The van der Waals surface area contributed by atoms with Gasteiger partial charge in [0.15, 0.2) is 0 Å². The minimum absolute atomic E-state index is 0.0927. The van der Waals surface area contributed by atoms with E-state index in [1.54, 1.807) is 6.92 Å². The van der Waals surface area contributed by atoms with E-state index < -0.39 is 0 Å². The van der Waals surface area contributed by atoms with Crippen LogP contribution >= 0.6 is 0 Å². The summed E-state index contributed by atoms with van der Waals surface area (Å²) < 4.78 is 2.28. The molecule has 2 rings (SSSR count). The van der Waals surface area contributed by atoms with E-state index in [1.165, 1.54) is 5.52 Å². The topological polar surface area (TPSA) is 46.9 Å². The van der Waals surface area contributed by atoms with Gasteiger partial charge in [-0.1, -0.05) is 32.6 Å². The molecule has 4 nitrogen and oxygen atoms in total. The number of carbonyl (C=O) groups is 1. The molecule has 22 heavy (non-hydrogen) atoms. The molecule has 1 heterocycles. The zero-order chi connectivity index (χ0) is 16.1. The van der Waals surface area contributed by atoms with Crippen LogP contribution in [0.5, 0.6) is 0 Å². The number of nitrogens with one attached hydrogen (secondary N) is 1. The summed E-state index contributed by atoms with van der Waals surface area (Å²) in [6.07, 6.45) is 1.84. The first-order valence-electron chi connectivity index (χ1n) is 7.87. The van der Waals surface area contributed by atoms with E-state index in [0.29, 0.717) is 18.0 Å². The zero-order valence-electron chi connectivity index (χ0n) is 13.7. The summed E-state index contributed by atoms with van der Waals surface area (Å²) in [6.45, 7) is 11.4. The second-order valence-corrected chi connectivity index (χ2v) is 6.14. The first-order valence-corrected chi connectivity index (χ1v) is 7.87. The van der Waals surface area contributed by atoms with Gasteiger partial charge in [0.25, 0.3) is 0 Å². The largest absolute Gasteiger partial charge is 0.352 e. The average molecular weight is 299 g/mol. The molecule has 1 N–H and O–H groups in total. The Labute approximate surface area is 132 Å². The van der Waals surface area contributed by atoms with Crippen molar-refractivity contribution >= 4 is 16.9 Å². The minimum Gasteiger partial charge on any atom is -0.352 e. The molecule has 1 amide bonds. The third-order valence-corrected chi connectivity index (χ3v) is 3.69. The molecule has 1 aromatic carbocycles. The fraction of sp³-hybridized carbons (Fsp3) is 0.444. The molecule has 0 aliphatic heterocycles. The van der Waals surface area contributed by atoms with Crippen molar-refractivity contribution in [3.63, 3.8) is 0 Å². The van der Waals surface area contributed by atoms with Crippen LogP contribution in [-0.2, 0) is 17.8 Å². The van der Waals surface area contributed by atoms with Crippen molar-refractivity contribution < 1.29 is 4.79 Å². The summed E-state index contributed by atoms with van der Waals surface area (Å²) in [4.78, 5) is 16.3. The van der Waals surface area contributed by atoms with Gasteiger partial charge >= 0.3 is 0 Å². The molecule has 0 atom stereocenters. The van der Waals surface area contributed by atoms with Crippen molar-refractivity contribution in [3.05, 3.63) is 42.2 Å². The second kappa shape index (κ2) is 7.25. The smallest absolute Gasteiger partial charge is 0.246 e. The average Bonchev–Trinajstić information content (AvgIpc) is 2.82. The summed E-state index contributed by atoms with van der Waals surface area (Å²) in [6, 6.07) is 8.20. The lowest BCUT2D eigenvalue weighted by Gasteiger charge is -2.11. The summed E-state index contributed by atoms with van der Waals surface area (Å²) >= 11 is 0. The van der Waals surface area contributed by atoms with Crippen LogP contribution in [0.15, 0.2) is 36.4 Å². The molecular formula is C18H25N3O. The van der Waals surface area contributed by atoms with Crippen LogP contribution < -0.4 is 5.32 Å². The number of rotatable bonds is 7. The van der Waals surface area contributed by atoms with Crippen molar-refractivity contribution in [1.82, 2.24) is 14.9 Å². The number of nitrogens with zero attached hydrogens (tertiary/aromatic N) is 2. The van der Waals surface area contributed by atoms with Crippen LogP contribution in [-0.4, -0.2) is 22.0 Å². The highest BCUT2D eigenvalue weighted by Crippen LogP contribution is 2.18. The number of amides is 1. The highest BCUT2D eigenvalue weighted by molar-refractivity contribution is 5.92. The van der Waals surface area contributed by atoms with Gasteiger partial charge in [0, 0.05) is 25.1 Å². The van der Waals surface area contributed by atoms with Crippen molar-refractivity contribution in [2.45, 2.75) is 40.2 Å². The van der Waals surface area contributed by atoms with Gasteiger partial charge in [0.05, 0.1) is 11.0 Å². The van der Waals surface area contributed by atoms with Gasteiger partial charge in [-0.15, -0.1) is 0 Å². The molecule has 0 saturated carbocycles. The van der Waals surface area contributed by atoms with E-state index in [1.807, 2.05) is 18.2 Å².